The van der Waals surface area contributed by atoms with Gasteiger partial charge in [-0.3, -0.25) is 4.79 Å². The third-order valence-corrected chi connectivity index (χ3v) is 5.90. The van der Waals surface area contributed by atoms with Gasteiger partial charge in [0.25, 0.3) is 5.91 Å². The molecule has 1 aromatic carbocycles. The smallest absolute Gasteiger partial charge is 0.391 e. The molecule has 0 spiro atoms. The highest BCUT2D eigenvalue weighted by atomic mass is 19.4. The molecular formula is C20H29F3N4O. The van der Waals surface area contributed by atoms with E-state index in [0.717, 1.165) is 37.3 Å². The standard InChI is InChI=1S/C20H29F3N4O/c1-25-17-12-18(27-9-3-2-4-10-27)15(11-16(17)24)19(28)26-14-7-5-13(6-8-14)20(21,22)23/h11-14,25H,2-10,24H2,1H3,(H,26,28). The van der Waals surface area contributed by atoms with Crippen molar-refractivity contribution in [2.75, 3.05) is 36.1 Å². The van der Waals surface area contributed by atoms with Gasteiger partial charge in [0.1, 0.15) is 0 Å². The zero-order valence-corrected chi connectivity index (χ0v) is 16.2. The third-order valence-electron chi connectivity index (χ3n) is 5.90. The number of anilines is 3. The number of amides is 1. The lowest BCUT2D eigenvalue weighted by molar-refractivity contribution is -0.182. The topological polar surface area (TPSA) is 70.4 Å². The Labute approximate surface area is 163 Å². The lowest BCUT2D eigenvalue weighted by Gasteiger charge is -2.33. The Morgan fingerprint density at radius 3 is 2.32 bits per heavy atom. The van der Waals surface area contributed by atoms with Crippen LogP contribution in [0.5, 0.6) is 0 Å². The molecule has 156 valence electrons. The predicted octanol–water partition coefficient (Wildman–Crippen LogP) is 4.15. The molecule has 4 N–H and O–H groups in total. The minimum absolute atomic E-state index is 0.0638. The van der Waals surface area contributed by atoms with Crippen LogP contribution in [0.25, 0.3) is 0 Å². The molecule has 0 aromatic heterocycles. The summed E-state index contributed by atoms with van der Waals surface area (Å²) in [6.45, 7) is 1.76. The second-order valence-corrected chi connectivity index (χ2v) is 7.82. The van der Waals surface area contributed by atoms with E-state index in [0.29, 0.717) is 24.1 Å². The summed E-state index contributed by atoms with van der Waals surface area (Å²) in [4.78, 5) is 15.2. The average molecular weight is 398 g/mol. The van der Waals surface area contributed by atoms with E-state index in [-0.39, 0.29) is 24.8 Å². The number of carbonyl (C=O) groups is 1. The molecule has 1 saturated carbocycles. The maximum absolute atomic E-state index is 13.0. The first kappa shape index (κ1) is 20.6. The number of nitrogens with two attached hydrogens (primary N) is 1. The van der Waals surface area contributed by atoms with Gasteiger partial charge in [-0.1, -0.05) is 0 Å². The molecule has 0 atom stereocenters. The number of hydrogen-bond acceptors (Lipinski definition) is 4. The van der Waals surface area contributed by atoms with Gasteiger partial charge in [-0.25, -0.2) is 0 Å². The van der Waals surface area contributed by atoms with E-state index in [4.69, 9.17) is 5.73 Å². The molecule has 3 rings (SSSR count). The van der Waals surface area contributed by atoms with Crippen molar-refractivity contribution >= 4 is 23.0 Å². The number of piperidine rings is 1. The Kier molecular flexibility index (Phi) is 6.25. The first-order chi connectivity index (χ1) is 13.3. The predicted molar refractivity (Wildman–Crippen MR) is 106 cm³/mol. The Morgan fingerprint density at radius 1 is 1.11 bits per heavy atom. The fraction of sp³-hybridized carbons (Fsp3) is 0.650. The monoisotopic (exact) mass is 398 g/mol. The normalized spacial score (nSPS) is 23.4. The van der Waals surface area contributed by atoms with Crippen LogP contribution in [0.15, 0.2) is 12.1 Å². The van der Waals surface area contributed by atoms with Crippen molar-refractivity contribution in [3.05, 3.63) is 17.7 Å². The number of benzene rings is 1. The Morgan fingerprint density at radius 2 is 1.75 bits per heavy atom. The van der Waals surface area contributed by atoms with E-state index >= 15 is 0 Å². The van der Waals surface area contributed by atoms with Gasteiger partial charge in [-0.05, 0) is 57.1 Å². The van der Waals surface area contributed by atoms with Crippen LogP contribution in [0.4, 0.5) is 30.2 Å². The molecule has 8 heteroatoms. The van der Waals surface area contributed by atoms with Crippen LogP contribution < -0.4 is 21.3 Å². The van der Waals surface area contributed by atoms with Gasteiger partial charge in [0, 0.05) is 26.2 Å². The molecule has 1 amide bonds. The second kappa shape index (κ2) is 8.49. The highest BCUT2D eigenvalue weighted by Gasteiger charge is 2.41. The highest BCUT2D eigenvalue weighted by molar-refractivity contribution is 6.02. The van der Waals surface area contributed by atoms with Crippen LogP contribution in [-0.2, 0) is 0 Å². The third kappa shape index (κ3) is 4.64. The van der Waals surface area contributed by atoms with E-state index in [2.05, 4.69) is 15.5 Å². The summed E-state index contributed by atoms with van der Waals surface area (Å²) in [5.74, 6) is -1.51. The van der Waals surface area contributed by atoms with Crippen LogP contribution in [0.3, 0.4) is 0 Å². The Hall–Kier alpha value is -2.12. The van der Waals surface area contributed by atoms with E-state index < -0.39 is 12.1 Å². The molecule has 0 bridgehead atoms. The molecule has 1 heterocycles. The van der Waals surface area contributed by atoms with Crippen molar-refractivity contribution < 1.29 is 18.0 Å². The first-order valence-electron chi connectivity index (χ1n) is 10.0. The SMILES string of the molecule is CNc1cc(N2CCCCC2)c(C(=O)NC2CCC(C(F)(F)F)CC2)cc1N. The van der Waals surface area contributed by atoms with Gasteiger partial charge in [-0.2, -0.15) is 13.2 Å². The van der Waals surface area contributed by atoms with Crippen LogP contribution in [0.2, 0.25) is 0 Å². The van der Waals surface area contributed by atoms with E-state index in [1.54, 1.807) is 13.1 Å². The summed E-state index contributed by atoms with van der Waals surface area (Å²) in [7, 11) is 1.78. The number of alkyl halides is 3. The quantitative estimate of drug-likeness (QED) is 0.667. The molecule has 2 aliphatic rings. The average Bonchev–Trinajstić information content (AvgIpc) is 2.68. The molecule has 1 saturated heterocycles. The van der Waals surface area contributed by atoms with Crippen molar-refractivity contribution in [3.8, 4) is 0 Å². The number of halogens is 3. The number of hydrogen-bond donors (Lipinski definition) is 3. The molecule has 0 unspecified atom stereocenters. The van der Waals surface area contributed by atoms with Gasteiger partial charge in [-0.15, -0.1) is 0 Å². The zero-order valence-electron chi connectivity index (χ0n) is 16.2. The summed E-state index contributed by atoms with van der Waals surface area (Å²) in [5, 5.41) is 5.99. The summed E-state index contributed by atoms with van der Waals surface area (Å²) >= 11 is 0. The maximum atomic E-state index is 13.0. The van der Waals surface area contributed by atoms with Gasteiger partial charge >= 0.3 is 6.18 Å². The molecule has 2 fully saturated rings. The fourth-order valence-corrected chi connectivity index (χ4v) is 4.23. The number of carbonyl (C=O) groups excluding carboxylic acids is 1. The van der Waals surface area contributed by atoms with Gasteiger partial charge in [0.2, 0.25) is 0 Å². The minimum atomic E-state index is -4.14. The van der Waals surface area contributed by atoms with Crippen LogP contribution in [-0.4, -0.2) is 38.3 Å². The van der Waals surface area contributed by atoms with E-state index in [1.807, 2.05) is 6.07 Å². The van der Waals surface area contributed by atoms with Crippen molar-refractivity contribution in [2.45, 2.75) is 57.2 Å². The molecule has 1 aliphatic heterocycles. The Balaban J connectivity index is 1.74. The summed E-state index contributed by atoms with van der Waals surface area (Å²) in [5.41, 5.74) is 8.66. The largest absolute Gasteiger partial charge is 0.397 e. The van der Waals surface area contributed by atoms with Crippen molar-refractivity contribution in [1.82, 2.24) is 5.32 Å². The fourth-order valence-electron chi connectivity index (χ4n) is 4.23. The van der Waals surface area contributed by atoms with E-state index in [1.165, 1.54) is 6.42 Å². The number of rotatable bonds is 4. The lowest BCUT2D eigenvalue weighted by atomic mass is 9.85. The number of nitrogens with one attached hydrogen (secondary N) is 2. The van der Waals surface area contributed by atoms with Crippen molar-refractivity contribution in [2.24, 2.45) is 5.92 Å². The maximum Gasteiger partial charge on any atom is 0.391 e. The van der Waals surface area contributed by atoms with E-state index in [9.17, 15) is 18.0 Å². The van der Waals surface area contributed by atoms with Gasteiger partial charge in [0.05, 0.1) is 28.5 Å². The summed E-state index contributed by atoms with van der Waals surface area (Å²) in [6, 6.07) is 3.34. The molecular weight excluding hydrogens is 369 g/mol. The van der Waals surface area contributed by atoms with Crippen molar-refractivity contribution in [1.29, 1.82) is 0 Å². The minimum Gasteiger partial charge on any atom is -0.397 e. The first-order valence-corrected chi connectivity index (χ1v) is 10.0. The molecule has 28 heavy (non-hydrogen) atoms. The molecule has 1 aromatic rings. The van der Waals surface area contributed by atoms with Crippen LogP contribution in [0.1, 0.15) is 55.3 Å². The molecule has 0 radical (unpaired) electrons. The summed E-state index contributed by atoms with van der Waals surface area (Å²) in [6.07, 6.45) is -0.00759. The second-order valence-electron chi connectivity index (χ2n) is 7.82. The van der Waals surface area contributed by atoms with Gasteiger partial charge < -0.3 is 21.3 Å². The lowest BCUT2D eigenvalue weighted by Crippen LogP contribution is -2.41. The molecule has 5 nitrogen and oxygen atoms in total. The Bertz CT molecular complexity index is 693. The van der Waals surface area contributed by atoms with Crippen LogP contribution in [0, 0.1) is 5.92 Å². The van der Waals surface area contributed by atoms with Crippen molar-refractivity contribution in [3.63, 3.8) is 0 Å². The van der Waals surface area contributed by atoms with Gasteiger partial charge in [0.15, 0.2) is 0 Å². The highest BCUT2D eigenvalue weighted by Crippen LogP contribution is 2.38. The number of nitrogens with zero attached hydrogens (tertiary/aromatic N) is 1. The molecule has 1 aliphatic carbocycles. The zero-order chi connectivity index (χ0) is 20.3. The summed E-state index contributed by atoms with van der Waals surface area (Å²) < 4.78 is 38.6. The van der Waals surface area contributed by atoms with Crippen LogP contribution >= 0.6 is 0 Å². The number of nitrogen functional groups attached to an aromatic ring is 1.